The molecule has 0 N–H and O–H groups in total. The van der Waals surface area contributed by atoms with Crippen LogP contribution in [-0.4, -0.2) is 17.1 Å². The van der Waals surface area contributed by atoms with Gasteiger partial charge in [-0.05, 0) is 32.8 Å². The monoisotopic (exact) mass is 237 g/mol. The van der Waals surface area contributed by atoms with Gasteiger partial charge in [-0.15, -0.1) is 0 Å². The van der Waals surface area contributed by atoms with Crippen molar-refractivity contribution < 1.29 is 14.4 Å². The number of benzene rings is 1. The Morgan fingerprint density at radius 1 is 1.35 bits per heavy atom. The van der Waals surface area contributed by atoms with Crippen molar-refractivity contribution in [2.24, 2.45) is 0 Å². The molecule has 5 heteroatoms. The fourth-order valence-corrected chi connectivity index (χ4v) is 1.42. The van der Waals surface area contributed by atoms with Gasteiger partial charge >= 0.3 is 0 Å². The Bertz CT molecular complexity index is 427. The van der Waals surface area contributed by atoms with Gasteiger partial charge in [-0.3, -0.25) is 10.1 Å². The number of ether oxygens (including phenoxy) is 2. The number of nitro benzene ring substituents is 1. The van der Waals surface area contributed by atoms with Crippen LogP contribution in [0.5, 0.6) is 11.5 Å². The minimum Gasteiger partial charge on any atom is -0.487 e. The highest BCUT2D eigenvalue weighted by Crippen LogP contribution is 2.36. The van der Waals surface area contributed by atoms with Gasteiger partial charge in [0.25, 0.3) is 5.69 Å². The van der Waals surface area contributed by atoms with E-state index in [9.17, 15) is 10.1 Å². The van der Waals surface area contributed by atoms with E-state index in [1.54, 1.807) is 6.07 Å². The quantitative estimate of drug-likeness (QED) is 0.583. The normalized spacial score (nSPS) is 14.8. The summed E-state index contributed by atoms with van der Waals surface area (Å²) in [5.74, 6) is 1.04. The maximum atomic E-state index is 10.7. The van der Waals surface area contributed by atoms with Crippen LogP contribution in [-0.2, 0) is 0 Å². The predicted molar refractivity (Wildman–Crippen MR) is 62.5 cm³/mol. The molecule has 0 radical (unpaired) electrons. The second-order valence-corrected chi connectivity index (χ2v) is 4.37. The molecule has 2 rings (SSSR count). The number of rotatable bonds is 5. The summed E-state index contributed by atoms with van der Waals surface area (Å²) in [4.78, 5) is 10.3. The first-order chi connectivity index (χ1) is 8.06. The van der Waals surface area contributed by atoms with E-state index in [0.29, 0.717) is 11.5 Å². The van der Waals surface area contributed by atoms with Gasteiger partial charge in [-0.2, -0.15) is 0 Å². The molecule has 0 spiro atoms. The lowest BCUT2D eigenvalue weighted by molar-refractivity contribution is -0.385. The van der Waals surface area contributed by atoms with E-state index in [4.69, 9.17) is 9.47 Å². The summed E-state index contributed by atoms with van der Waals surface area (Å²) in [6.07, 6.45) is 2.28. The van der Waals surface area contributed by atoms with Crippen LogP contribution in [0, 0.1) is 10.1 Å². The molecule has 0 aromatic heterocycles. The topological polar surface area (TPSA) is 61.6 Å². The van der Waals surface area contributed by atoms with E-state index in [2.05, 4.69) is 0 Å². The molecule has 1 aliphatic carbocycles. The number of non-ortho nitro benzene ring substituents is 1. The first-order valence-corrected chi connectivity index (χ1v) is 5.68. The molecular weight excluding hydrogens is 222 g/mol. The maximum Gasteiger partial charge on any atom is 0.273 e. The van der Waals surface area contributed by atoms with Crippen molar-refractivity contribution in [2.45, 2.75) is 38.9 Å². The number of nitrogens with zero attached hydrogens (tertiary/aromatic N) is 1. The van der Waals surface area contributed by atoms with E-state index in [-0.39, 0.29) is 17.9 Å². The van der Waals surface area contributed by atoms with Crippen molar-refractivity contribution in [3.63, 3.8) is 0 Å². The molecule has 17 heavy (non-hydrogen) atoms. The summed E-state index contributed by atoms with van der Waals surface area (Å²) >= 11 is 0. The van der Waals surface area contributed by atoms with Gasteiger partial charge in [0, 0.05) is 6.07 Å². The molecule has 1 aliphatic rings. The van der Waals surface area contributed by atoms with Crippen molar-refractivity contribution in [1.29, 1.82) is 0 Å². The molecule has 1 aromatic carbocycles. The Hall–Kier alpha value is -1.78. The smallest absolute Gasteiger partial charge is 0.273 e. The largest absolute Gasteiger partial charge is 0.487 e. The second kappa shape index (κ2) is 4.61. The minimum absolute atomic E-state index is 0.0174. The van der Waals surface area contributed by atoms with Crippen molar-refractivity contribution in [2.75, 3.05) is 0 Å². The average molecular weight is 237 g/mol. The zero-order chi connectivity index (χ0) is 12.4. The lowest BCUT2D eigenvalue weighted by Crippen LogP contribution is -2.08. The molecule has 0 amide bonds. The SMILES string of the molecule is CC(C)Oc1cc([N+](=O)[O-])ccc1OC1CC1. The fourth-order valence-electron chi connectivity index (χ4n) is 1.42. The summed E-state index contributed by atoms with van der Waals surface area (Å²) in [5, 5.41) is 10.7. The van der Waals surface area contributed by atoms with Crippen LogP contribution in [0.1, 0.15) is 26.7 Å². The van der Waals surface area contributed by atoms with Crippen molar-refractivity contribution >= 4 is 5.69 Å². The van der Waals surface area contributed by atoms with Crippen LogP contribution in [0.25, 0.3) is 0 Å². The third-order valence-electron chi connectivity index (χ3n) is 2.32. The third-order valence-corrected chi connectivity index (χ3v) is 2.32. The van der Waals surface area contributed by atoms with E-state index >= 15 is 0 Å². The second-order valence-electron chi connectivity index (χ2n) is 4.37. The summed E-state index contributed by atoms with van der Waals surface area (Å²) in [5.41, 5.74) is 0.0174. The lowest BCUT2D eigenvalue weighted by atomic mass is 10.2. The van der Waals surface area contributed by atoms with Crippen LogP contribution in [0.15, 0.2) is 18.2 Å². The predicted octanol–water partition coefficient (Wildman–Crippen LogP) is 2.92. The molecule has 0 atom stereocenters. The van der Waals surface area contributed by atoms with Gasteiger partial charge < -0.3 is 9.47 Å². The van der Waals surface area contributed by atoms with Crippen LogP contribution < -0.4 is 9.47 Å². The van der Waals surface area contributed by atoms with Crippen LogP contribution in [0.2, 0.25) is 0 Å². The van der Waals surface area contributed by atoms with Gasteiger partial charge in [-0.25, -0.2) is 0 Å². The third kappa shape index (κ3) is 3.09. The van der Waals surface area contributed by atoms with Gasteiger partial charge in [0.1, 0.15) is 0 Å². The van der Waals surface area contributed by atoms with Crippen molar-refractivity contribution in [3.8, 4) is 11.5 Å². The Labute approximate surface area is 99.5 Å². The molecule has 0 saturated heterocycles. The molecule has 1 aromatic rings. The summed E-state index contributed by atoms with van der Waals surface area (Å²) < 4.78 is 11.2. The molecule has 1 fully saturated rings. The lowest BCUT2D eigenvalue weighted by Gasteiger charge is -2.14. The van der Waals surface area contributed by atoms with Gasteiger partial charge in [0.05, 0.1) is 23.2 Å². The summed E-state index contributed by atoms with van der Waals surface area (Å²) in [6.45, 7) is 3.75. The number of hydrogen-bond donors (Lipinski definition) is 0. The molecule has 5 nitrogen and oxygen atoms in total. The van der Waals surface area contributed by atoms with Crippen LogP contribution >= 0.6 is 0 Å². The maximum absolute atomic E-state index is 10.7. The Balaban J connectivity index is 2.25. The number of hydrogen-bond acceptors (Lipinski definition) is 4. The zero-order valence-electron chi connectivity index (χ0n) is 9.88. The zero-order valence-corrected chi connectivity index (χ0v) is 9.88. The van der Waals surface area contributed by atoms with Gasteiger partial charge in [0.2, 0.25) is 0 Å². The standard InChI is InChI=1S/C12H15NO4/c1-8(2)16-12-7-9(13(14)15)3-6-11(12)17-10-4-5-10/h3,6-8,10H,4-5H2,1-2H3. The first kappa shape index (κ1) is 11.7. The van der Waals surface area contributed by atoms with Gasteiger partial charge in [0.15, 0.2) is 11.5 Å². The number of nitro groups is 1. The molecule has 0 unspecified atom stereocenters. The molecule has 0 bridgehead atoms. The fraction of sp³-hybridized carbons (Fsp3) is 0.500. The first-order valence-electron chi connectivity index (χ1n) is 5.68. The average Bonchev–Trinajstić information content (AvgIpc) is 3.03. The highest BCUT2D eigenvalue weighted by Gasteiger charge is 2.25. The van der Waals surface area contributed by atoms with Crippen LogP contribution in [0.4, 0.5) is 5.69 Å². The molecule has 92 valence electrons. The molecular formula is C12H15NO4. The Morgan fingerprint density at radius 3 is 2.59 bits per heavy atom. The van der Waals surface area contributed by atoms with Crippen LogP contribution in [0.3, 0.4) is 0 Å². The Kier molecular flexibility index (Phi) is 3.17. The van der Waals surface area contributed by atoms with E-state index in [1.807, 2.05) is 13.8 Å². The molecule has 0 aliphatic heterocycles. The van der Waals surface area contributed by atoms with Gasteiger partial charge in [-0.1, -0.05) is 0 Å². The van der Waals surface area contributed by atoms with Crippen molar-refractivity contribution in [3.05, 3.63) is 28.3 Å². The van der Waals surface area contributed by atoms with E-state index in [1.165, 1.54) is 12.1 Å². The summed E-state index contributed by atoms with van der Waals surface area (Å²) in [7, 11) is 0. The summed E-state index contributed by atoms with van der Waals surface area (Å²) in [6, 6.07) is 4.46. The highest BCUT2D eigenvalue weighted by atomic mass is 16.6. The highest BCUT2D eigenvalue weighted by molar-refractivity contribution is 5.48. The minimum atomic E-state index is -0.436. The van der Waals surface area contributed by atoms with E-state index < -0.39 is 4.92 Å². The van der Waals surface area contributed by atoms with Crippen molar-refractivity contribution in [1.82, 2.24) is 0 Å². The Morgan fingerprint density at radius 2 is 2.06 bits per heavy atom. The molecule has 0 heterocycles. The van der Waals surface area contributed by atoms with E-state index in [0.717, 1.165) is 12.8 Å². The molecule has 1 saturated carbocycles.